The van der Waals surface area contributed by atoms with E-state index in [1.54, 1.807) is 5.38 Å². The van der Waals surface area contributed by atoms with Crippen molar-refractivity contribution in [2.75, 3.05) is 18.5 Å². The largest absolute Gasteiger partial charge is 0.447 e. The molecule has 1 rings (SSSR count). The number of amides is 1. The van der Waals surface area contributed by atoms with E-state index in [9.17, 15) is 9.59 Å². The van der Waals surface area contributed by atoms with Crippen LogP contribution < -0.4 is 5.32 Å². The monoisotopic (exact) mass is 230 g/mol. The van der Waals surface area contributed by atoms with Crippen molar-refractivity contribution in [1.82, 2.24) is 4.98 Å². The smallest absolute Gasteiger partial charge is 0.413 e. The summed E-state index contributed by atoms with van der Waals surface area (Å²) >= 11 is 1.13. The molecule has 2 N–H and O–H groups in total. The molecule has 0 atom stereocenters. The van der Waals surface area contributed by atoms with Crippen LogP contribution >= 0.6 is 11.3 Å². The van der Waals surface area contributed by atoms with Gasteiger partial charge < -0.3 is 9.84 Å². The molecule has 1 amide bonds. The van der Waals surface area contributed by atoms with Crippen LogP contribution in [0.3, 0.4) is 0 Å². The lowest BCUT2D eigenvalue weighted by Gasteiger charge is -2.01. The molecule has 0 bridgehead atoms. The molecule has 0 unspecified atom stereocenters. The number of ether oxygens (including phenoxy) is 1. The number of aliphatic hydroxyl groups excluding tert-OH is 1. The van der Waals surface area contributed by atoms with Gasteiger partial charge in [-0.3, -0.25) is 10.1 Å². The normalized spacial score (nSPS) is 9.73. The van der Waals surface area contributed by atoms with E-state index in [2.05, 4.69) is 15.0 Å². The van der Waals surface area contributed by atoms with E-state index < -0.39 is 6.09 Å². The average Bonchev–Trinajstić information content (AvgIpc) is 2.63. The highest BCUT2D eigenvalue weighted by Crippen LogP contribution is 2.15. The number of nitrogens with zero attached hydrogens (tertiary/aromatic N) is 1. The molecule has 1 aromatic rings. The lowest BCUT2D eigenvalue weighted by molar-refractivity contribution is 0.101. The minimum atomic E-state index is -0.700. The number of Topliss-reactive ketones (excluding diaryl/α,β-unsaturated/α-hetero) is 1. The Morgan fingerprint density at radius 2 is 2.40 bits per heavy atom. The van der Waals surface area contributed by atoms with Crippen LogP contribution in [0.25, 0.3) is 0 Å². The molecule has 6 nitrogen and oxygen atoms in total. The van der Waals surface area contributed by atoms with Gasteiger partial charge >= 0.3 is 6.09 Å². The van der Waals surface area contributed by atoms with Gasteiger partial charge in [-0.05, 0) is 0 Å². The first kappa shape index (κ1) is 11.6. The van der Waals surface area contributed by atoms with Crippen molar-refractivity contribution >= 4 is 28.3 Å². The second-order valence-electron chi connectivity index (χ2n) is 2.58. The Kier molecular flexibility index (Phi) is 4.19. The third kappa shape index (κ3) is 3.64. The molecule has 1 heterocycles. The van der Waals surface area contributed by atoms with Gasteiger partial charge in [0, 0.05) is 12.3 Å². The third-order valence-electron chi connectivity index (χ3n) is 1.40. The first-order valence-corrected chi connectivity index (χ1v) is 5.02. The minimum Gasteiger partial charge on any atom is -0.447 e. The lowest BCUT2D eigenvalue weighted by Crippen LogP contribution is -2.15. The molecule has 0 aliphatic rings. The zero-order valence-corrected chi connectivity index (χ0v) is 8.84. The second-order valence-corrected chi connectivity index (χ2v) is 3.44. The van der Waals surface area contributed by atoms with E-state index in [4.69, 9.17) is 5.11 Å². The zero-order chi connectivity index (χ0) is 11.3. The average molecular weight is 230 g/mol. The standard InChI is InChI=1S/C8H10N2O4S/c1-5(12)6-4-15-7(9-6)10-8(13)14-3-2-11/h4,11H,2-3H2,1H3,(H,9,10,13). The first-order valence-electron chi connectivity index (χ1n) is 4.14. The van der Waals surface area contributed by atoms with Gasteiger partial charge in [0.05, 0.1) is 6.61 Å². The van der Waals surface area contributed by atoms with Gasteiger partial charge in [0.15, 0.2) is 10.9 Å². The maximum Gasteiger partial charge on any atom is 0.413 e. The summed E-state index contributed by atoms with van der Waals surface area (Å²) in [6.07, 6.45) is -0.700. The maximum absolute atomic E-state index is 11.0. The minimum absolute atomic E-state index is 0.0726. The summed E-state index contributed by atoms with van der Waals surface area (Å²) in [5, 5.41) is 12.6. The molecule has 0 aliphatic heterocycles. The number of aliphatic hydroxyl groups is 1. The zero-order valence-electron chi connectivity index (χ0n) is 8.02. The number of hydrogen-bond donors (Lipinski definition) is 2. The number of aromatic nitrogens is 1. The molecule has 0 saturated carbocycles. The number of thiazole rings is 1. The molecular weight excluding hydrogens is 220 g/mol. The number of carbonyl (C=O) groups excluding carboxylic acids is 2. The molecule has 1 aromatic heterocycles. The van der Waals surface area contributed by atoms with Crippen molar-refractivity contribution in [2.45, 2.75) is 6.92 Å². The molecule has 0 aromatic carbocycles. The Labute approximate surface area is 89.9 Å². The lowest BCUT2D eigenvalue weighted by atomic mass is 10.4. The van der Waals surface area contributed by atoms with Gasteiger partial charge in [-0.1, -0.05) is 0 Å². The van der Waals surface area contributed by atoms with Crippen molar-refractivity contribution in [3.8, 4) is 0 Å². The molecule has 15 heavy (non-hydrogen) atoms. The summed E-state index contributed by atoms with van der Waals surface area (Å²) in [7, 11) is 0. The highest BCUT2D eigenvalue weighted by atomic mass is 32.1. The van der Waals surface area contributed by atoms with Crippen LogP contribution in [0.15, 0.2) is 5.38 Å². The maximum atomic E-state index is 11.0. The molecule has 0 radical (unpaired) electrons. The topological polar surface area (TPSA) is 88.5 Å². The van der Waals surface area contributed by atoms with Gasteiger partial charge in [0.25, 0.3) is 0 Å². The van der Waals surface area contributed by atoms with E-state index in [1.165, 1.54) is 6.92 Å². The van der Waals surface area contributed by atoms with Crippen LogP contribution in [0.4, 0.5) is 9.93 Å². The Hall–Kier alpha value is -1.47. The van der Waals surface area contributed by atoms with Gasteiger partial charge in [-0.15, -0.1) is 11.3 Å². The van der Waals surface area contributed by atoms with E-state index in [0.717, 1.165) is 11.3 Å². The summed E-state index contributed by atoms with van der Waals surface area (Å²) in [6.45, 7) is 1.09. The Bertz CT molecular complexity index is 363. The van der Waals surface area contributed by atoms with Crippen molar-refractivity contribution in [3.05, 3.63) is 11.1 Å². The molecular formula is C8H10N2O4S. The van der Waals surface area contributed by atoms with E-state index in [1.807, 2.05) is 0 Å². The molecule has 0 saturated heterocycles. The van der Waals surface area contributed by atoms with Crippen LogP contribution in [0.1, 0.15) is 17.4 Å². The predicted molar refractivity (Wildman–Crippen MR) is 54.2 cm³/mol. The number of carbonyl (C=O) groups is 2. The van der Waals surface area contributed by atoms with Crippen molar-refractivity contribution in [1.29, 1.82) is 0 Å². The first-order chi connectivity index (χ1) is 7.13. The second kappa shape index (κ2) is 5.42. The van der Waals surface area contributed by atoms with E-state index in [-0.39, 0.29) is 19.0 Å². The fraction of sp³-hybridized carbons (Fsp3) is 0.375. The SMILES string of the molecule is CC(=O)c1csc(NC(=O)OCCO)n1. The highest BCUT2D eigenvalue weighted by molar-refractivity contribution is 7.14. The number of nitrogens with one attached hydrogen (secondary N) is 1. The number of ketones is 1. The van der Waals surface area contributed by atoms with Crippen LogP contribution in [0.5, 0.6) is 0 Å². The number of anilines is 1. The third-order valence-corrected chi connectivity index (χ3v) is 2.16. The Morgan fingerprint density at radius 3 is 2.93 bits per heavy atom. The van der Waals surface area contributed by atoms with Crippen LogP contribution in [0, 0.1) is 0 Å². The molecule has 82 valence electrons. The summed E-state index contributed by atoms with van der Waals surface area (Å²) in [4.78, 5) is 25.7. The predicted octanol–water partition coefficient (Wildman–Crippen LogP) is 0.886. The molecule has 0 aliphatic carbocycles. The van der Waals surface area contributed by atoms with Crippen LogP contribution in [-0.2, 0) is 4.74 Å². The summed E-state index contributed by atoms with van der Waals surface area (Å²) in [5.41, 5.74) is 0.303. The van der Waals surface area contributed by atoms with Crippen molar-refractivity contribution in [3.63, 3.8) is 0 Å². The Balaban J connectivity index is 2.50. The Morgan fingerprint density at radius 1 is 1.67 bits per heavy atom. The quantitative estimate of drug-likeness (QED) is 0.750. The number of rotatable bonds is 4. The molecule has 0 spiro atoms. The summed E-state index contributed by atoms with van der Waals surface area (Å²) in [5.74, 6) is -0.164. The van der Waals surface area contributed by atoms with Gasteiger partial charge in [-0.2, -0.15) is 0 Å². The van der Waals surface area contributed by atoms with Crippen molar-refractivity contribution < 1.29 is 19.4 Å². The van der Waals surface area contributed by atoms with Crippen molar-refractivity contribution in [2.24, 2.45) is 0 Å². The molecule has 0 fully saturated rings. The van der Waals surface area contributed by atoms with E-state index >= 15 is 0 Å². The van der Waals surface area contributed by atoms with E-state index in [0.29, 0.717) is 10.8 Å². The van der Waals surface area contributed by atoms with Crippen LogP contribution in [0.2, 0.25) is 0 Å². The number of hydrogen-bond acceptors (Lipinski definition) is 6. The fourth-order valence-electron chi connectivity index (χ4n) is 0.755. The van der Waals surface area contributed by atoms with Gasteiger partial charge in [-0.25, -0.2) is 9.78 Å². The summed E-state index contributed by atoms with van der Waals surface area (Å²) in [6, 6.07) is 0. The van der Waals surface area contributed by atoms with Crippen LogP contribution in [-0.4, -0.2) is 35.2 Å². The van der Waals surface area contributed by atoms with Gasteiger partial charge in [0.2, 0.25) is 0 Å². The fourth-order valence-corrected chi connectivity index (χ4v) is 1.49. The van der Waals surface area contributed by atoms with Gasteiger partial charge in [0.1, 0.15) is 12.3 Å². The summed E-state index contributed by atoms with van der Waals surface area (Å²) < 4.78 is 4.55. The molecule has 7 heteroatoms. The highest BCUT2D eigenvalue weighted by Gasteiger charge is 2.09.